The van der Waals surface area contributed by atoms with Crippen molar-refractivity contribution in [3.63, 3.8) is 0 Å². The van der Waals surface area contributed by atoms with Gasteiger partial charge in [-0.25, -0.2) is 4.68 Å². The number of tetrazole rings is 1. The van der Waals surface area contributed by atoms with E-state index in [9.17, 15) is 0 Å². The van der Waals surface area contributed by atoms with Gasteiger partial charge in [-0.05, 0) is 36.1 Å². The number of aryl methyl sites for hydroxylation is 1. The van der Waals surface area contributed by atoms with E-state index in [1.165, 1.54) is 32.1 Å². The molecule has 0 N–H and O–H groups in total. The van der Waals surface area contributed by atoms with Crippen LogP contribution >= 0.6 is 24.0 Å². The van der Waals surface area contributed by atoms with Gasteiger partial charge in [0.1, 0.15) is 0 Å². The van der Waals surface area contributed by atoms with Crippen molar-refractivity contribution < 1.29 is 0 Å². The summed E-state index contributed by atoms with van der Waals surface area (Å²) in [5.41, 5.74) is 0. The molecule has 1 aromatic rings. The van der Waals surface area contributed by atoms with Crippen LogP contribution < -0.4 is 0 Å². The smallest absolute Gasteiger partial charge is 0.151 e. The summed E-state index contributed by atoms with van der Waals surface area (Å²) >= 11 is 5.67. The molecular weight excluding hydrogens is 259 g/mol. The zero-order valence-corrected chi connectivity index (χ0v) is 11.6. The number of alkyl halides is 1. The van der Waals surface area contributed by atoms with Gasteiger partial charge in [0, 0.05) is 12.3 Å². The van der Waals surface area contributed by atoms with Crippen LogP contribution in [0.5, 0.6) is 0 Å². The Morgan fingerprint density at radius 2 is 1.94 bits per heavy atom. The second-order valence-corrected chi connectivity index (χ2v) is 4.86. The van der Waals surface area contributed by atoms with Gasteiger partial charge in [0.05, 0.1) is 6.04 Å². The lowest BCUT2D eigenvalue weighted by Gasteiger charge is -2.22. The molecule has 0 spiro atoms. The van der Waals surface area contributed by atoms with Crippen molar-refractivity contribution >= 4 is 24.0 Å². The van der Waals surface area contributed by atoms with Crippen molar-refractivity contribution in [2.45, 2.75) is 57.4 Å². The Morgan fingerprint density at radius 3 is 2.65 bits per heavy atom. The van der Waals surface area contributed by atoms with Crippen LogP contribution in [0.3, 0.4) is 0 Å². The van der Waals surface area contributed by atoms with Crippen LogP contribution in [0.25, 0.3) is 0 Å². The average Bonchev–Trinajstić information content (AvgIpc) is 2.79. The maximum absolute atomic E-state index is 5.67. The first kappa shape index (κ1) is 14.7. The Kier molecular flexibility index (Phi) is 6.82. The molecule has 0 aliphatic heterocycles. The SMILES string of the molecule is Cl.ClCCCCc1nnnn1C1CCCCC1. The maximum atomic E-state index is 5.67. The third-order valence-electron chi connectivity index (χ3n) is 3.27. The van der Waals surface area contributed by atoms with Crippen LogP contribution in [-0.2, 0) is 6.42 Å². The zero-order valence-electron chi connectivity index (χ0n) is 10.0. The van der Waals surface area contributed by atoms with Crippen molar-refractivity contribution in [3.8, 4) is 0 Å². The van der Waals surface area contributed by atoms with Crippen LogP contribution in [0.4, 0.5) is 0 Å². The first-order valence-electron chi connectivity index (χ1n) is 6.24. The van der Waals surface area contributed by atoms with Crippen molar-refractivity contribution in [3.05, 3.63) is 5.82 Å². The highest BCUT2D eigenvalue weighted by atomic mass is 35.5. The third kappa shape index (κ3) is 4.11. The van der Waals surface area contributed by atoms with E-state index in [1.54, 1.807) is 0 Å². The maximum Gasteiger partial charge on any atom is 0.151 e. The molecule has 1 aromatic heterocycles. The molecule has 4 nitrogen and oxygen atoms in total. The van der Waals surface area contributed by atoms with Gasteiger partial charge in [-0.2, -0.15) is 0 Å². The molecule has 0 bridgehead atoms. The van der Waals surface area contributed by atoms with Crippen molar-refractivity contribution in [2.75, 3.05) is 5.88 Å². The summed E-state index contributed by atoms with van der Waals surface area (Å²) in [5.74, 6) is 1.77. The molecule has 98 valence electrons. The quantitative estimate of drug-likeness (QED) is 0.614. The normalized spacial score (nSPS) is 16.8. The summed E-state index contributed by atoms with van der Waals surface area (Å²) in [4.78, 5) is 0. The zero-order chi connectivity index (χ0) is 11.2. The lowest BCUT2D eigenvalue weighted by molar-refractivity contribution is 0.316. The fourth-order valence-electron chi connectivity index (χ4n) is 2.36. The number of rotatable bonds is 5. The molecule has 2 rings (SSSR count). The van der Waals surface area contributed by atoms with E-state index < -0.39 is 0 Å². The Morgan fingerprint density at radius 1 is 1.18 bits per heavy atom. The summed E-state index contributed by atoms with van der Waals surface area (Å²) in [6, 6.07) is 0.537. The molecule has 0 atom stereocenters. The highest BCUT2D eigenvalue weighted by molar-refractivity contribution is 6.17. The van der Waals surface area contributed by atoms with Gasteiger partial charge in [-0.3, -0.25) is 0 Å². The molecule has 0 amide bonds. The summed E-state index contributed by atoms with van der Waals surface area (Å²) in [5, 5.41) is 12.1. The van der Waals surface area contributed by atoms with Crippen molar-refractivity contribution in [1.82, 2.24) is 20.2 Å². The number of hydrogen-bond donors (Lipinski definition) is 0. The Labute approximate surface area is 114 Å². The van der Waals surface area contributed by atoms with E-state index in [0.29, 0.717) is 6.04 Å². The van der Waals surface area contributed by atoms with Crippen LogP contribution in [0.1, 0.15) is 56.8 Å². The predicted octanol–water partition coefficient (Wildman–Crippen LogP) is 3.16. The van der Waals surface area contributed by atoms with E-state index in [-0.39, 0.29) is 12.4 Å². The average molecular weight is 279 g/mol. The number of hydrogen-bond acceptors (Lipinski definition) is 3. The van der Waals surface area contributed by atoms with Gasteiger partial charge in [0.2, 0.25) is 0 Å². The molecule has 0 aromatic carbocycles. The molecule has 1 aliphatic carbocycles. The van der Waals surface area contributed by atoms with Gasteiger partial charge < -0.3 is 0 Å². The van der Waals surface area contributed by atoms with E-state index in [0.717, 1.165) is 31.0 Å². The molecule has 0 radical (unpaired) electrons. The molecular formula is C11H20Cl2N4. The number of halogens is 2. The molecule has 0 saturated heterocycles. The first-order valence-corrected chi connectivity index (χ1v) is 6.78. The fraction of sp³-hybridized carbons (Fsp3) is 0.909. The van der Waals surface area contributed by atoms with Crippen LogP contribution in [-0.4, -0.2) is 26.1 Å². The number of unbranched alkanes of at least 4 members (excludes halogenated alkanes) is 1. The number of aromatic nitrogens is 4. The van der Waals surface area contributed by atoms with Gasteiger partial charge >= 0.3 is 0 Å². The third-order valence-corrected chi connectivity index (χ3v) is 3.53. The minimum atomic E-state index is 0. The molecule has 1 heterocycles. The van der Waals surface area contributed by atoms with Gasteiger partial charge in [-0.15, -0.1) is 29.1 Å². The topological polar surface area (TPSA) is 43.6 Å². The lowest BCUT2D eigenvalue weighted by atomic mass is 9.95. The van der Waals surface area contributed by atoms with Gasteiger partial charge in [0.25, 0.3) is 0 Å². The van der Waals surface area contributed by atoms with E-state index in [1.807, 2.05) is 4.68 Å². The summed E-state index contributed by atoms with van der Waals surface area (Å²) in [6.07, 6.45) is 9.52. The van der Waals surface area contributed by atoms with Crippen LogP contribution in [0.15, 0.2) is 0 Å². The highest BCUT2D eigenvalue weighted by Gasteiger charge is 2.19. The van der Waals surface area contributed by atoms with E-state index in [4.69, 9.17) is 11.6 Å². The Bertz CT molecular complexity index is 310. The predicted molar refractivity (Wildman–Crippen MR) is 70.8 cm³/mol. The first-order chi connectivity index (χ1) is 7.92. The minimum absolute atomic E-state index is 0. The lowest BCUT2D eigenvalue weighted by Crippen LogP contribution is -2.17. The van der Waals surface area contributed by atoms with Crippen molar-refractivity contribution in [1.29, 1.82) is 0 Å². The van der Waals surface area contributed by atoms with Gasteiger partial charge in [0.15, 0.2) is 5.82 Å². The Hall–Kier alpha value is -0.350. The molecule has 1 aliphatic rings. The van der Waals surface area contributed by atoms with E-state index >= 15 is 0 Å². The summed E-state index contributed by atoms with van der Waals surface area (Å²) in [7, 11) is 0. The minimum Gasteiger partial charge on any atom is -0.227 e. The second kappa shape index (κ2) is 7.88. The van der Waals surface area contributed by atoms with E-state index in [2.05, 4.69) is 15.5 Å². The summed E-state index contributed by atoms with van der Waals surface area (Å²) < 4.78 is 2.05. The molecule has 6 heteroatoms. The number of nitrogens with zero attached hydrogens (tertiary/aromatic N) is 4. The Balaban J connectivity index is 0.00000144. The monoisotopic (exact) mass is 278 g/mol. The van der Waals surface area contributed by atoms with Crippen LogP contribution in [0.2, 0.25) is 0 Å². The molecule has 1 fully saturated rings. The van der Waals surface area contributed by atoms with Crippen molar-refractivity contribution in [2.24, 2.45) is 0 Å². The standard InChI is InChI=1S/C11H19ClN4.ClH/c12-9-5-4-8-11-13-14-15-16(11)10-6-2-1-3-7-10;/h10H,1-9H2;1H. The fourth-order valence-corrected chi connectivity index (χ4v) is 2.55. The second-order valence-electron chi connectivity index (χ2n) is 4.48. The highest BCUT2D eigenvalue weighted by Crippen LogP contribution is 2.27. The van der Waals surface area contributed by atoms with Gasteiger partial charge in [-0.1, -0.05) is 19.3 Å². The van der Waals surface area contributed by atoms with Crippen LogP contribution in [0, 0.1) is 0 Å². The summed E-state index contributed by atoms with van der Waals surface area (Å²) in [6.45, 7) is 0. The molecule has 17 heavy (non-hydrogen) atoms. The molecule has 1 saturated carbocycles. The molecule has 0 unspecified atom stereocenters. The largest absolute Gasteiger partial charge is 0.227 e.